The van der Waals surface area contributed by atoms with Gasteiger partial charge in [0.05, 0.1) is 11.4 Å². The zero-order valence-corrected chi connectivity index (χ0v) is 15.2. The lowest BCUT2D eigenvalue weighted by atomic mass is 10.1. The molecule has 0 aliphatic rings. The number of aryl methyl sites for hydroxylation is 2. The van der Waals surface area contributed by atoms with E-state index in [1.54, 1.807) is 0 Å². The Hall–Kier alpha value is -1.96. The van der Waals surface area contributed by atoms with E-state index in [1.165, 1.54) is 56.1 Å². The van der Waals surface area contributed by atoms with E-state index < -0.39 is 0 Å². The second kappa shape index (κ2) is 10.7. The molecule has 0 fully saturated rings. The third-order valence-corrected chi connectivity index (χ3v) is 4.26. The van der Waals surface area contributed by atoms with E-state index in [9.17, 15) is 0 Å². The lowest BCUT2D eigenvalue weighted by Crippen LogP contribution is -1.85. The maximum absolute atomic E-state index is 4.34. The van der Waals surface area contributed by atoms with Crippen LogP contribution in [-0.2, 0) is 12.8 Å². The highest BCUT2D eigenvalue weighted by Gasteiger charge is 1.96. The van der Waals surface area contributed by atoms with Crippen LogP contribution in [0.1, 0.15) is 63.5 Å². The summed E-state index contributed by atoms with van der Waals surface area (Å²) in [7, 11) is 0. The maximum Gasteiger partial charge on any atom is 0.0857 e. The molecule has 2 heteroatoms. The van der Waals surface area contributed by atoms with Gasteiger partial charge in [-0.15, -0.1) is 0 Å². The van der Waals surface area contributed by atoms with E-state index >= 15 is 0 Å². The Morgan fingerprint density at radius 3 is 1.54 bits per heavy atom. The molecule has 0 saturated carbocycles. The summed E-state index contributed by atoms with van der Waals surface area (Å²) in [4.78, 5) is 0. The van der Waals surface area contributed by atoms with Crippen molar-refractivity contribution in [3.63, 3.8) is 0 Å². The lowest BCUT2D eigenvalue weighted by molar-refractivity contribution is 0.632. The van der Waals surface area contributed by atoms with Crippen molar-refractivity contribution >= 4 is 11.4 Å². The van der Waals surface area contributed by atoms with Crippen LogP contribution in [0.3, 0.4) is 0 Å². The van der Waals surface area contributed by atoms with Gasteiger partial charge in [-0.25, -0.2) is 0 Å². The summed E-state index contributed by atoms with van der Waals surface area (Å²) in [5.74, 6) is 0. The number of unbranched alkanes of at least 4 members (excludes halogenated alkanes) is 4. The van der Waals surface area contributed by atoms with Crippen molar-refractivity contribution in [3.8, 4) is 0 Å². The fourth-order valence-electron chi connectivity index (χ4n) is 2.80. The van der Waals surface area contributed by atoms with Crippen LogP contribution in [0.2, 0.25) is 0 Å². The third-order valence-electron chi connectivity index (χ3n) is 4.26. The fourth-order valence-corrected chi connectivity index (χ4v) is 2.80. The first-order valence-corrected chi connectivity index (χ1v) is 9.41. The number of hydrogen-bond donors (Lipinski definition) is 0. The predicted molar refractivity (Wildman–Crippen MR) is 104 cm³/mol. The van der Waals surface area contributed by atoms with Gasteiger partial charge in [0.15, 0.2) is 0 Å². The van der Waals surface area contributed by atoms with Crippen molar-refractivity contribution in [2.75, 3.05) is 0 Å². The number of benzene rings is 2. The molecule has 2 rings (SSSR count). The topological polar surface area (TPSA) is 24.7 Å². The highest BCUT2D eigenvalue weighted by atomic mass is 15.1. The first-order valence-electron chi connectivity index (χ1n) is 9.41. The van der Waals surface area contributed by atoms with Crippen LogP contribution in [0.25, 0.3) is 0 Å². The molecule has 0 bridgehead atoms. The maximum atomic E-state index is 4.34. The van der Waals surface area contributed by atoms with Gasteiger partial charge in [0.1, 0.15) is 0 Å². The molecule has 0 N–H and O–H groups in total. The van der Waals surface area contributed by atoms with E-state index in [0.29, 0.717) is 0 Å². The summed E-state index contributed by atoms with van der Waals surface area (Å²) in [6.45, 7) is 4.45. The zero-order chi connectivity index (χ0) is 17.0. The Balaban J connectivity index is 1.82. The Morgan fingerprint density at radius 1 is 0.542 bits per heavy atom. The van der Waals surface area contributed by atoms with Crippen molar-refractivity contribution in [1.82, 2.24) is 0 Å². The SMILES string of the molecule is CCCCCCCc1ccc(N=Nc2ccc(CCC)cc2)cc1. The molecular weight excluding hydrogens is 292 g/mol. The van der Waals surface area contributed by atoms with Crippen LogP contribution in [0.4, 0.5) is 11.4 Å². The third kappa shape index (κ3) is 6.66. The molecule has 128 valence electrons. The van der Waals surface area contributed by atoms with Crippen LogP contribution in [0.5, 0.6) is 0 Å². The monoisotopic (exact) mass is 322 g/mol. The minimum absolute atomic E-state index is 0.912. The van der Waals surface area contributed by atoms with Gasteiger partial charge in [0.25, 0.3) is 0 Å². The van der Waals surface area contributed by atoms with Gasteiger partial charge in [-0.3, -0.25) is 0 Å². The highest BCUT2D eigenvalue weighted by molar-refractivity contribution is 5.42. The van der Waals surface area contributed by atoms with Crippen molar-refractivity contribution in [2.24, 2.45) is 10.2 Å². The van der Waals surface area contributed by atoms with E-state index in [1.807, 2.05) is 12.1 Å². The second-order valence-corrected chi connectivity index (χ2v) is 6.45. The van der Waals surface area contributed by atoms with Crippen LogP contribution < -0.4 is 0 Å². The first kappa shape index (κ1) is 18.4. The molecule has 0 aliphatic heterocycles. The van der Waals surface area contributed by atoms with Crippen molar-refractivity contribution in [1.29, 1.82) is 0 Å². The summed E-state index contributed by atoms with van der Waals surface area (Å²) >= 11 is 0. The summed E-state index contributed by atoms with van der Waals surface area (Å²) in [6, 6.07) is 16.8. The number of nitrogens with zero attached hydrogens (tertiary/aromatic N) is 2. The van der Waals surface area contributed by atoms with E-state index in [4.69, 9.17) is 0 Å². The molecule has 0 unspecified atom stereocenters. The molecule has 0 heterocycles. The average Bonchev–Trinajstić information content (AvgIpc) is 2.62. The van der Waals surface area contributed by atoms with E-state index in [2.05, 4.69) is 60.5 Å². The van der Waals surface area contributed by atoms with Gasteiger partial charge in [-0.1, -0.05) is 70.2 Å². The normalized spacial score (nSPS) is 11.2. The highest BCUT2D eigenvalue weighted by Crippen LogP contribution is 2.20. The Morgan fingerprint density at radius 2 is 1.04 bits per heavy atom. The van der Waals surface area contributed by atoms with Crippen molar-refractivity contribution < 1.29 is 0 Å². The van der Waals surface area contributed by atoms with Crippen LogP contribution in [0, 0.1) is 0 Å². The van der Waals surface area contributed by atoms with Gasteiger partial charge in [0, 0.05) is 0 Å². The molecule has 2 nitrogen and oxygen atoms in total. The standard InChI is InChI=1S/C22H30N2/c1-3-5-6-7-8-10-20-13-17-22(18-14-20)24-23-21-15-11-19(9-4-2)12-16-21/h11-18H,3-10H2,1-2H3. The number of rotatable bonds is 10. The molecule has 0 aliphatic carbocycles. The largest absolute Gasteiger partial charge is 0.151 e. The molecule has 0 aromatic heterocycles. The fraction of sp³-hybridized carbons (Fsp3) is 0.455. The molecular formula is C22H30N2. The minimum atomic E-state index is 0.912. The molecule has 0 atom stereocenters. The predicted octanol–water partition coefficient (Wildman–Crippen LogP) is 7.57. The van der Waals surface area contributed by atoms with Crippen molar-refractivity contribution in [2.45, 2.75) is 65.2 Å². The molecule has 0 radical (unpaired) electrons. The van der Waals surface area contributed by atoms with Gasteiger partial charge in [0.2, 0.25) is 0 Å². The van der Waals surface area contributed by atoms with E-state index in [0.717, 1.165) is 17.8 Å². The van der Waals surface area contributed by atoms with Gasteiger partial charge >= 0.3 is 0 Å². The van der Waals surface area contributed by atoms with Gasteiger partial charge < -0.3 is 0 Å². The smallest absolute Gasteiger partial charge is 0.0857 e. The van der Waals surface area contributed by atoms with E-state index in [-0.39, 0.29) is 0 Å². The molecule has 2 aromatic rings. The number of hydrogen-bond acceptors (Lipinski definition) is 2. The zero-order valence-electron chi connectivity index (χ0n) is 15.2. The Labute approximate surface area is 147 Å². The summed E-state index contributed by atoms with van der Waals surface area (Å²) in [5, 5.41) is 8.67. The Bertz CT molecular complexity index is 597. The molecule has 0 saturated heterocycles. The summed E-state index contributed by atoms with van der Waals surface area (Å²) in [6.07, 6.45) is 10.1. The quantitative estimate of drug-likeness (QED) is 0.318. The van der Waals surface area contributed by atoms with Crippen molar-refractivity contribution in [3.05, 3.63) is 59.7 Å². The first-order chi connectivity index (χ1) is 11.8. The minimum Gasteiger partial charge on any atom is -0.151 e. The summed E-state index contributed by atoms with van der Waals surface area (Å²) in [5.41, 5.74) is 4.59. The van der Waals surface area contributed by atoms with Gasteiger partial charge in [-0.05, 0) is 54.7 Å². The van der Waals surface area contributed by atoms with Crippen LogP contribution >= 0.6 is 0 Å². The Kier molecular flexibility index (Phi) is 8.23. The molecule has 2 aromatic carbocycles. The number of azo groups is 1. The van der Waals surface area contributed by atoms with Gasteiger partial charge in [-0.2, -0.15) is 10.2 Å². The van der Waals surface area contributed by atoms with Crippen LogP contribution in [-0.4, -0.2) is 0 Å². The van der Waals surface area contributed by atoms with Crippen LogP contribution in [0.15, 0.2) is 58.8 Å². The second-order valence-electron chi connectivity index (χ2n) is 6.45. The lowest BCUT2D eigenvalue weighted by Gasteiger charge is -2.02. The summed E-state index contributed by atoms with van der Waals surface area (Å²) < 4.78 is 0. The molecule has 24 heavy (non-hydrogen) atoms. The average molecular weight is 322 g/mol. The molecule has 0 spiro atoms. The molecule has 0 amide bonds.